The highest BCUT2D eigenvalue weighted by Gasteiger charge is 2.36. The van der Waals surface area contributed by atoms with E-state index in [-0.39, 0.29) is 29.6 Å². The number of anilines is 1. The summed E-state index contributed by atoms with van der Waals surface area (Å²) in [6, 6.07) is 4.52. The summed E-state index contributed by atoms with van der Waals surface area (Å²) >= 11 is 0. The second-order valence-electron chi connectivity index (χ2n) is 6.78. The van der Waals surface area contributed by atoms with E-state index in [1.165, 1.54) is 6.07 Å². The van der Waals surface area contributed by atoms with Crippen LogP contribution in [0.3, 0.4) is 0 Å². The van der Waals surface area contributed by atoms with Gasteiger partial charge in [-0.05, 0) is 43.9 Å². The Balaban J connectivity index is 2.08. The van der Waals surface area contributed by atoms with E-state index in [9.17, 15) is 14.0 Å². The summed E-state index contributed by atoms with van der Waals surface area (Å²) < 4.78 is 13.6. The van der Waals surface area contributed by atoms with Crippen LogP contribution in [0, 0.1) is 24.6 Å². The summed E-state index contributed by atoms with van der Waals surface area (Å²) in [6.07, 6.45) is 0.923. The van der Waals surface area contributed by atoms with E-state index in [4.69, 9.17) is 0 Å². The molecule has 1 N–H and O–H groups in total. The first kappa shape index (κ1) is 17.4. The number of piperidine rings is 1. The highest BCUT2D eigenvalue weighted by atomic mass is 19.1. The molecular formula is C18H25FN2O2. The van der Waals surface area contributed by atoms with Crippen molar-refractivity contribution < 1.29 is 14.0 Å². The monoisotopic (exact) mass is 320 g/mol. The van der Waals surface area contributed by atoms with E-state index in [0.717, 1.165) is 0 Å². The Hall–Kier alpha value is -1.91. The van der Waals surface area contributed by atoms with Crippen molar-refractivity contribution in [1.82, 2.24) is 4.90 Å². The number of nitrogens with one attached hydrogen (secondary N) is 1. The molecule has 1 fully saturated rings. The highest BCUT2D eigenvalue weighted by molar-refractivity contribution is 5.94. The molecule has 0 unspecified atom stereocenters. The van der Waals surface area contributed by atoms with Crippen molar-refractivity contribution in [3.8, 4) is 0 Å². The van der Waals surface area contributed by atoms with Gasteiger partial charge in [0.15, 0.2) is 0 Å². The van der Waals surface area contributed by atoms with Crippen LogP contribution in [0.2, 0.25) is 0 Å². The zero-order chi connectivity index (χ0) is 17.1. The second kappa shape index (κ2) is 7.11. The zero-order valence-corrected chi connectivity index (χ0v) is 14.2. The molecule has 5 heteroatoms. The van der Waals surface area contributed by atoms with E-state index >= 15 is 0 Å². The average molecular weight is 320 g/mol. The van der Waals surface area contributed by atoms with Crippen LogP contribution in [0.25, 0.3) is 0 Å². The summed E-state index contributed by atoms with van der Waals surface area (Å²) in [5, 5.41) is 2.78. The van der Waals surface area contributed by atoms with Crippen molar-refractivity contribution >= 4 is 17.5 Å². The molecule has 1 aromatic carbocycles. The molecule has 1 heterocycles. The largest absolute Gasteiger partial charge is 0.339 e. The van der Waals surface area contributed by atoms with E-state index in [1.807, 2.05) is 6.92 Å². The highest BCUT2D eigenvalue weighted by Crippen LogP contribution is 2.27. The molecule has 0 saturated carbocycles. The Labute approximate surface area is 137 Å². The fourth-order valence-corrected chi connectivity index (χ4v) is 3.03. The third kappa shape index (κ3) is 4.09. The van der Waals surface area contributed by atoms with Crippen molar-refractivity contribution in [2.24, 2.45) is 11.8 Å². The lowest BCUT2D eigenvalue weighted by Gasteiger charge is -2.39. The van der Waals surface area contributed by atoms with Gasteiger partial charge in [-0.25, -0.2) is 4.39 Å². The van der Waals surface area contributed by atoms with Gasteiger partial charge in [0.05, 0.1) is 5.92 Å². The summed E-state index contributed by atoms with van der Waals surface area (Å²) in [7, 11) is 0. The number of amides is 2. The smallest absolute Gasteiger partial charge is 0.229 e. The molecule has 1 aliphatic heterocycles. The molecule has 1 aliphatic rings. The third-order valence-corrected chi connectivity index (χ3v) is 4.40. The number of nitrogens with zero attached hydrogens (tertiary/aromatic N) is 1. The van der Waals surface area contributed by atoms with Gasteiger partial charge in [-0.15, -0.1) is 0 Å². The Kier molecular flexibility index (Phi) is 5.39. The molecule has 2 atom stereocenters. The molecule has 2 amide bonds. The van der Waals surface area contributed by atoms with Crippen LogP contribution in [0.4, 0.5) is 10.1 Å². The summed E-state index contributed by atoms with van der Waals surface area (Å²) in [6.45, 7) is 8.36. The molecule has 0 spiro atoms. The number of hydrogen-bond acceptors (Lipinski definition) is 2. The van der Waals surface area contributed by atoms with Crippen molar-refractivity contribution in [2.75, 3.05) is 11.9 Å². The maximum absolute atomic E-state index is 13.6. The summed E-state index contributed by atoms with van der Waals surface area (Å²) in [5.41, 5.74) is 1.00. The van der Waals surface area contributed by atoms with E-state index in [1.54, 1.807) is 24.0 Å². The first-order chi connectivity index (χ1) is 10.8. The standard InChI is InChI=1S/C18H25FN2O2/c1-11(2)10-21-13(4)15(7-8-17(21)22)18(23)20-14-6-5-12(3)16(19)9-14/h5-6,9,11,13,15H,7-8,10H2,1-4H3,(H,20,23)/t13-,15-/m1/s1. The van der Waals surface area contributed by atoms with Gasteiger partial charge in [0.25, 0.3) is 0 Å². The Morgan fingerprint density at radius 1 is 1.43 bits per heavy atom. The van der Waals surface area contributed by atoms with Crippen LogP contribution >= 0.6 is 0 Å². The van der Waals surface area contributed by atoms with Gasteiger partial charge in [-0.3, -0.25) is 9.59 Å². The van der Waals surface area contributed by atoms with Gasteiger partial charge in [-0.1, -0.05) is 19.9 Å². The van der Waals surface area contributed by atoms with Gasteiger partial charge in [-0.2, -0.15) is 0 Å². The predicted octanol–water partition coefficient (Wildman–Crippen LogP) is 3.36. The van der Waals surface area contributed by atoms with Gasteiger partial charge in [0, 0.05) is 24.7 Å². The minimum absolute atomic E-state index is 0.108. The lowest BCUT2D eigenvalue weighted by atomic mass is 9.88. The lowest BCUT2D eigenvalue weighted by molar-refractivity contribution is -0.141. The zero-order valence-electron chi connectivity index (χ0n) is 14.2. The van der Waals surface area contributed by atoms with Gasteiger partial charge >= 0.3 is 0 Å². The molecule has 0 aliphatic carbocycles. The van der Waals surface area contributed by atoms with Gasteiger partial charge in [0.2, 0.25) is 11.8 Å². The number of aryl methyl sites for hydroxylation is 1. The molecule has 1 aromatic rings. The lowest BCUT2D eigenvalue weighted by Crippen LogP contribution is -2.51. The third-order valence-electron chi connectivity index (χ3n) is 4.40. The van der Waals surface area contributed by atoms with Crippen LogP contribution in [0.1, 0.15) is 39.2 Å². The Bertz CT molecular complexity index is 601. The van der Waals surface area contributed by atoms with Crippen molar-refractivity contribution in [1.29, 1.82) is 0 Å². The van der Waals surface area contributed by atoms with Crippen molar-refractivity contribution in [2.45, 2.75) is 46.6 Å². The minimum Gasteiger partial charge on any atom is -0.339 e. The number of halogens is 1. The SMILES string of the molecule is Cc1ccc(NC(=O)[C@@H]2CCC(=O)N(CC(C)C)[C@@H]2C)cc1F. The van der Waals surface area contributed by atoms with Crippen LogP contribution in [0.5, 0.6) is 0 Å². The van der Waals surface area contributed by atoms with Crippen LogP contribution < -0.4 is 5.32 Å². The van der Waals surface area contributed by atoms with Crippen LogP contribution in [-0.2, 0) is 9.59 Å². The van der Waals surface area contributed by atoms with Crippen molar-refractivity contribution in [3.05, 3.63) is 29.6 Å². The number of rotatable bonds is 4. The number of benzene rings is 1. The van der Waals surface area contributed by atoms with Crippen LogP contribution in [0.15, 0.2) is 18.2 Å². The number of likely N-dealkylation sites (tertiary alicyclic amines) is 1. The Morgan fingerprint density at radius 3 is 2.74 bits per heavy atom. The Morgan fingerprint density at radius 2 is 2.13 bits per heavy atom. The van der Waals surface area contributed by atoms with E-state index in [0.29, 0.717) is 36.6 Å². The summed E-state index contributed by atoms with van der Waals surface area (Å²) in [4.78, 5) is 26.4. The normalized spacial score (nSPS) is 21.7. The number of hydrogen-bond donors (Lipinski definition) is 1. The molecule has 0 radical (unpaired) electrons. The van der Waals surface area contributed by atoms with Gasteiger partial charge < -0.3 is 10.2 Å². The second-order valence-corrected chi connectivity index (χ2v) is 6.78. The van der Waals surface area contributed by atoms with Gasteiger partial charge in [0.1, 0.15) is 5.82 Å². The first-order valence-electron chi connectivity index (χ1n) is 8.16. The maximum Gasteiger partial charge on any atom is 0.229 e. The molecule has 126 valence electrons. The molecule has 1 saturated heterocycles. The van der Waals surface area contributed by atoms with E-state index < -0.39 is 0 Å². The topological polar surface area (TPSA) is 49.4 Å². The minimum atomic E-state index is -0.337. The fourth-order valence-electron chi connectivity index (χ4n) is 3.03. The molecular weight excluding hydrogens is 295 g/mol. The molecule has 0 bridgehead atoms. The molecule has 4 nitrogen and oxygen atoms in total. The molecule has 2 rings (SSSR count). The predicted molar refractivity (Wildman–Crippen MR) is 88.5 cm³/mol. The molecule has 0 aromatic heterocycles. The summed E-state index contributed by atoms with van der Waals surface area (Å²) in [5.74, 6) is -0.292. The van der Waals surface area contributed by atoms with E-state index in [2.05, 4.69) is 19.2 Å². The quantitative estimate of drug-likeness (QED) is 0.925. The fraction of sp³-hybridized carbons (Fsp3) is 0.556. The first-order valence-corrected chi connectivity index (χ1v) is 8.16. The van der Waals surface area contributed by atoms with Crippen molar-refractivity contribution in [3.63, 3.8) is 0 Å². The number of carbonyl (C=O) groups excluding carboxylic acids is 2. The molecule has 23 heavy (non-hydrogen) atoms. The maximum atomic E-state index is 13.6. The number of carbonyl (C=O) groups is 2. The van der Waals surface area contributed by atoms with Crippen LogP contribution in [-0.4, -0.2) is 29.3 Å². The average Bonchev–Trinajstić information content (AvgIpc) is 2.47.